The molecule has 0 spiro atoms. The molecule has 106 valence electrons. The van der Waals surface area contributed by atoms with Crippen LogP contribution in [0.15, 0.2) is 53.4 Å². The van der Waals surface area contributed by atoms with E-state index in [0.717, 1.165) is 0 Å². The minimum atomic E-state index is -1.47. The summed E-state index contributed by atoms with van der Waals surface area (Å²) in [5, 5.41) is 9.32. The van der Waals surface area contributed by atoms with Crippen molar-refractivity contribution in [1.29, 1.82) is 0 Å². The van der Waals surface area contributed by atoms with E-state index in [4.69, 9.17) is 16.7 Å². The zero-order chi connectivity index (χ0) is 13.8. The number of nitrogens with one attached hydrogen (secondary N) is 1. The van der Waals surface area contributed by atoms with Crippen molar-refractivity contribution >= 4 is 34.2 Å². The van der Waals surface area contributed by atoms with Crippen LogP contribution in [-0.4, -0.2) is 20.8 Å². The second-order valence-electron chi connectivity index (χ2n) is 3.71. The summed E-state index contributed by atoms with van der Waals surface area (Å²) in [6, 6.07) is 12.7. The van der Waals surface area contributed by atoms with Gasteiger partial charge >= 0.3 is 5.97 Å². The van der Waals surface area contributed by atoms with Crippen LogP contribution in [0.3, 0.4) is 0 Å². The SMILES string of the molecule is O.O=C(O)c1ccc(S(=O)Nc2cccc(Cl)c2)cc1. The van der Waals surface area contributed by atoms with Crippen LogP contribution in [0.4, 0.5) is 5.69 Å². The molecule has 0 aliphatic rings. The van der Waals surface area contributed by atoms with Crippen LogP contribution < -0.4 is 4.72 Å². The smallest absolute Gasteiger partial charge is 0.335 e. The Labute approximate surface area is 123 Å². The molecule has 4 N–H and O–H groups in total. The largest absolute Gasteiger partial charge is 0.478 e. The molecule has 5 nitrogen and oxygen atoms in total. The molecule has 0 aromatic heterocycles. The van der Waals surface area contributed by atoms with Gasteiger partial charge in [-0.2, -0.15) is 0 Å². The van der Waals surface area contributed by atoms with Gasteiger partial charge in [0.05, 0.1) is 10.5 Å². The van der Waals surface area contributed by atoms with Crippen LogP contribution in [-0.2, 0) is 11.0 Å². The highest BCUT2D eigenvalue weighted by atomic mass is 35.5. The molecule has 1 atom stereocenters. The molecule has 0 heterocycles. The van der Waals surface area contributed by atoms with Crippen LogP contribution in [0.2, 0.25) is 5.02 Å². The third-order valence-electron chi connectivity index (χ3n) is 2.35. The lowest BCUT2D eigenvalue weighted by molar-refractivity contribution is 0.0697. The molecule has 0 radical (unpaired) electrons. The van der Waals surface area contributed by atoms with Gasteiger partial charge in [-0.25, -0.2) is 9.00 Å². The first-order chi connectivity index (χ1) is 9.06. The Kier molecular flexibility index (Phi) is 5.69. The van der Waals surface area contributed by atoms with E-state index >= 15 is 0 Å². The predicted octanol–water partition coefficient (Wildman–Crippen LogP) is 2.35. The van der Waals surface area contributed by atoms with Gasteiger partial charge in [0.2, 0.25) is 0 Å². The number of rotatable bonds is 4. The van der Waals surface area contributed by atoms with Gasteiger partial charge in [-0.1, -0.05) is 17.7 Å². The summed E-state index contributed by atoms with van der Waals surface area (Å²) in [7, 11) is -1.47. The first-order valence-electron chi connectivity index (χ1n) is 5.33. The minimum Gasteiger partial charge on any atom is -0.478 e. The molecule has 0 fully saturated rings. The van der Waals surface area contributed by atoms with Gasteiger partial charge < -0.3 is 15.3 Å². The van der Waals surface area contributed by atoms with E-state index in [0.29, 0.717) is 15.6 Å². The summed E-state index contributed by atoms with van der Waals surface area (Å²) >= 11 is 5.83. The summed E-state index contributed by atoms with van der Waals surface area (Å²) in [4.78, 5) is 11.2. The number of carbonyl (C=O) groups is 1. The molecule has 0 saturated heterocycles. The van der Waals surface area contributed by atoms with E-state index in [2.05, 4.69) is 4.72 Å². The summed E-state index contributed by atoms with van der Waals surface area (Å²) in [5.74, 6) is -1.01. The van der Waals surface area contributed by atoms with Crippen molar-refractivity contribution in [3.8, 4) is 0 Å². The van der Waals surface area contributed by atoms with Gasteiger partial charge in [-0.05, 0) is 42.5 Å². The molecular weight excluding hydrogens is 302 g/mol. The number of hydrogen-bond donors (Lipinski definition) is 2. The van der Waals surface area contributed by atoms with E-state index < -0.39 is 17.0 Å². The maximum absolute atomic E-state index is 12.0. The maximum Gasteiger partial charge on any atom is 0.335 e. The Bertz CT molecular complexity index is 631. The lowest BCUT2D eigenvalue weighted by atomic mass is 10.2. The van der Waals surface area contributed by atoms with E-state index in [9.17, 15) is 9.00 Å². The fraction of sp³-hybridized carbons (Fsp3) is 0. The molecular formula is C13H12ClNO4S. The molecule has 20 heavy (non-hydrogen) atoms. The molecule has 2 aromatic rings. The average Bonchev–Trinajstić information content (AvgIpc) is 2.39. The average molecular weight is 314 g/mol. The molecule has 0 bridgehead atoms. The van der Waals surface area contributed by atoms with Crippen LogP contribution >= 0.6 is 11.6 Å². The fourth-order valence-corrected chi connectivity index (χ4v) is 2.47. The number of benzene rings is 2. The highest BCUT2D eigenvalue weighted by Gasteiger charge is 2.07. The molecule has 0 saturated carbocycles. The Hall–Kier alpha value is -1.89. The highest BCUT2D eigenvalue weighted by molar-refractivity contribution is 7.86. The molecule has 2 aromatic carbocycles. The molecule has 0 amide bonds. The third kappa shape index (κ3) is 4.06. The number of halogens is 1. The van der Waals surface area contributed by atoms with Gasteiger partial charge in [-0.3, -0.25) is 0 Å². The normalized spacial score (nSPS) is 11.2. The van der Waals surface area contributed by atoms with E-state index in [1.165, 1.54) is 24.3 Å². The van der Waals surface area contributed by atoms with Crippen molar-refractivity contribution in [1.82, 2.24) is 0 Å². The number of carboxylic acids is 1. The second kappa shape index (κ2) is 7.04. The lowest BCUT2D eigenvalue weighted by Crippen LogP contribution is -2.05. The Morgan fingerprint density at radius 2 is 1.80 bits per heavy atom. The first-order valence-corrected chi connectivity index (χ1v) is 6.86. The first kappa shape index (κ1) is 16.2. The Morgan fingerprint density at radius 1 is 1.15 bits per heavy atom. The van der Waals surface area contributed by atoms with E-state index in [-0.39, 0.29) is 11.0 Å². The van der Waals surface area contributed by atoms with Crippen LogP contribution in [0.1, 0.15) is 10.4 Å². The Morgan fingerprint density at radius 3 is 2.35 bits per heavy atom. The van der Waals surface area contributed by atoms with Crippen molar-refractivity contribution < 1.29 is 19.6 Å². The summed E-state index contributed by atoms with van der Waals surface area (Å²) in [5.41, 5.74) is 0.789. The number of carboxylic acid groups (broad SMARTS) is 1. The quantitative estimate of drug-likeness (QED) is 0.906. The maximum atomic E-state index is 12.0. The Balaban J connectivity index is 0.00000200. The topological polar surface area (TPSA) is 97.9 Å². The van der Waals surface area contributed by atoms with Crippen molar-refractivity contribution in [2.75, 3.05) is 4.72 Å². The van der Waals surface area contributed by atoms with Crippen LogP contribution in [0, 0.1) is 0 Å². The minimum absolute atomic E-state index is 0. The molecule has 7 heteroatoms. The zero-order valence-corrected chi connectivity index (χ0v) is 11.7. The fourth-order valence-electron chi connectivity index (χ4n) is 1.44. The number of aromatic carboxylic acids is 1. The van der Waals surface area contributed by atoms with Gasteiger partial charge in [0.1, 0.15) is 11.0 Å². The van der Waals surface area contributed by atoms with Crippen molar-refractivity contribution in [3.63, 3.8) is 0 Å². The standard InChI is InChI=1S/C13H10ClNO3S.H2O/c14-10-2-1-3-11(8-10)15-19(18)12-6-4-9(5-7-12)13(16)17;/h1-8,15H,(H,16,17);1H2. The number of anilines is 1. The third-order valence-corrected chi connectivity index (χ3v) is 3.71. The highest BCUT2D eigenvalue weighted by Crippen LogP contribution is 2.17. The van der Waals surface area contributed by atoms with Gasteiger partial charge in [0.25, 0.3) is 0 Å². The second-order valence-corrected chi connectivity index (χ2v) is 5.36. The van der Waals surface area contributed by atoms with Gasteiger partial charge in [0.15, 0.2) is 0 Å². The van der Waals surface area contributed by atoms with Crippen molar-refractivity contribution in [2.45, 2.75) is 4.90 Å². The molecule has 0 aliphatic carbocycles. The molecule has 1 unspecified atom stereocenters. The predicted molar refractivity (Wildman–Crippen MR) is 78.5 cm³/mol. The number of hydrogen-bond acceptors (Lipinski definition) is 2. The van der Waals surface area contributed by atoms with E-state index in [1.807, 2.05) is 0 Å². The zero-order valence-electron chi connectivity index (χ0n) is 10.2. The van der Waals surface area contributed by atoms with Gasteiger partial charge in [-0.15, -0.1) is 0 Å². The lowest BCUT2D eigenvalue weighted by Gasteiger charge is -2.06. The van der Waals surface area contributed by atoms with Gasteiger partial charge in [0, 0.05) is 10.7 Å². The summed E-state index contributed by atoms with van der Waals surface area (Å²) in [6.45, 7) is 0. The van der Waals surface area contributed by atoms with Crippen LogP contribution in [0.5, 0.6) is 0 Å². The van der Waals surface area contributed by atoms with E-state index in [1.54, 1.807) is 24.3 Å². The molecule has 0 aliphatic heterocycles. The van der Waals surface area contributed by atoms with Crippen molar-refractivity contribution in [3.05, 3.63) is 59.1 Å². The monoisotopic (exact) mass is 313 g/mol. The van der Waals surface area contributed by atoms with Crippen molar-refractivity contribution in [2.24, 2.45) is 0 Å². The summed E-state index contributed by atoms with van der Waals surface area (Å²) < 4.78 is 14.8. The molecule has 2 rings (SSSR count). The summed E-state index contributed by atoms with van der Waals surface area (Å²) in [6.07, 6.45) is 0. The van der Waals surface area contributed by atoms with Crippen LogP contribution in [0.25, 0.3) is 0 Å².